The molecule has 1 aliphatic rings. The molecule has 3 amide bonds. The number of hydrogen-bond donors (Lipinski definition) is 3. The third-order valence-electron chi connectivity index (χ3n) is 6.15. The van der Waals surface area contributed by atoms with E-state index in [1.54, 1.807) is 38.1 Å². The van der Waals surface area contributed by atoms with Crippen LogP contribution in [0.1, 0.15) is 25.0 Å². The number of rotatable bonds is 10. The van der Waals surface area contributed by atoms with E-state index >= 15 is 0 Å². The molecule has 3 N–H and O–H groups in total. The summed E-state index contributed by atoms with van der Waals surface area (Å²) in [5, 5.41) is 16.2. The molecule has 0 unspecified atom stereocenters. The van der Waals surface area contributed by atoms with Gasteiger partial charge in [0.25, 0.3) is 5.91 Å². The van der Waals surface area contributed by atoms with Crippen LogP contribution < -0.4 is 10.6 Å². The number of ether oxygens (including phenoxy) is 1. The number of nitrogens with one attached hydrogen (secondary N) is 2. The summed E-state index contributed by atoms with van der Waals surface area (Å²) in [4.78, 5) is 40.2. The van der Waals surface area contributed by atoms with E-state index in [0.29, 0.717) is 0 Å². The third kappa shape index (κ3) is 7.11. The number of halogens is 2. The van der Waals surface area contributed by atoms with Gasteiger partial charge in [-0.15, -0.1) is 11.8 Å². The van der Waals surface area contributed by atoms with Gasteiger partial charge >= 0.3 is 6.09 Å². The van der Waals surface area contributed by atoms with E-state index in [2.05, 4.69) is 17.2 Å². The Bertz CT molecular complexity index is 1140. The van der Waals surface area contributed by atoms with Gasteiger partial charge in [-0.05, 0) is 38.0 Å². The van der Waals surface area contributed by atoms with Gasteiger partial charge in [0.05, 0.1) is 11.9 Å². The molecule has 1 heterocycles. The molecular formula is C27H31F2N3O5S. The van der Waals surface area contributed by atoms with Crippen molar-refractivity contribution in [3.8, 4) is 0 Å². The highest BCUT2D eigenvalue weighted by Gasteiger charge is 2.49. The average molecular weight is 548 g/mol. The van der Waals surface area contributed by atoms with E-state index in [1.807, 2.05) is 6.07 Å². The smallest absolute Gasteiger partial charge is 0.407 e. The zero-order chi connectivity index (χ0) is 27.9. The summed E-state index contributed by atoms with van der Waals surface area (Å²) in [7, 11) is 0. The molecule has 0 radical (unpaired) electrons. The van der Waals surface area contributed by atoms with Crippen LogP contribution in [0.3, 0.4) is 0 Å². The summed E-state index contributed by atoms with van der Waals surface area (Å²) < 4.78 is 32.3. The Morgan fingerprint density at radius 1 is 1.18 bits per heavy atom. The second-order valence-electron chi connectivity index (χ2n) is 9.28. The molecule has 2 aromatic rings. The van der Waals surface area contributed by atoms with Crippen LogP contribution >= 0.6 is 11.8 Å². The van der Waals surface area contributed by atoms with Crippen LogP contribution in [0.15, 0.2) is 61.2 Å². The number of thioether (sulfide) groups is 1. The highest BCUT2D eigenvalue weighted by molar-refractivity contribution is 8.00. The SMILES string of the molecule is C=CCOC(=O)N[C@@H](Cc1ccccc1)[C@H](O)C(=O)N1CSC(C)(C)[C@H]1C(=O)NCc1c(F)cccc1F. The molecular weight excluding hydrogens is 516 g/mol. The van der Waals surface area contributed by atoms with Crippen LogP contribution in [0, 0.1) is 11.6 Å². The maximum Gasteiger partial charge on any atom is 0.407 e. The predicted octanol–water partition coefficient (Wildman–Crippen LogP) is 3.15. The van der Waals surface area contributed by atoms with Gasteiger partial charge in [0.1, 0.15) is 24.3 Å². The summed E-state index contributed by atoms with van der Waals surface area (Å²) in [6, 6.07) is 10.2. The van der Waals surface area contributed by atoms with Gasteiger partial charge in [0.2, 0.25) is 5.91 Å². The van der Waals surface area contributed by atoms with Crippen LogP contribution in [0.25, 0.3) is 0 Å². The van der Waals surface area contributed by atoms with E-state index in [-0.39, 0.29) is 24.5 Å². The minimum absolute atomic E-state index is 0.0598. The average Bonchev–Trinajstić information content (AvgIpc) is 3.21. The Hall–Kier alpha value is -3.44. The summed E-state index contributed by atoms with van der Waals surface area (Å²) >= 11 is 1.32. The maximum absolute atomic E-state index is 14.0. The molecule has 0 aliphatic carbocycles. The lowest BCUT2D eigenvalue weighted by atomic mass is 9.97. The topological polar surface area (TPSA) is 108 Å². The van der Waals surface area contributed by atoms with E-state index < -0.39 is 59.0 Å². The van der Waals surface area contributed by atoms with Crippen molar-refractivity contribution in [1.82, 2.24) is 15.5 Å². The van der Waals surface area contributed by atoms with Gasteiger partial charge in [-0.3, -0.25) is 9.59 Å². The number of carbonyl (C=O) groups is 3. The highest BCUT2D eigenvalue weighted by atomic mass is 32.2. The zero-order valence-electron chi connectivity index (χ0n) is 21.2. The molecule has 0 saturated carbocycles. The van der Waals surface area contributed by atoms with Gasteiger partial charge in [-0.25, -0.2) is 13.6 Å². The lowest BCUT2D eigenvalue weighted by Crippen LogP contribution is -2.58. The molecule has 2 aromatic carbocycles. The normalized spacial score (nSPS) is 17.8. The van der Waals surface area contributed by atoms with Gasteiger partial charge in [-0.1, -0.05) is 49.1 Å². The van der Waals surface area contributed by atoms with E-state index in [0.717, 1.165) is 17.7 Å². The van der Waals surface area contributed by atoms with Crippen molar-refractivity contribution in [3.63, 3.8) is 0 Å². The molecule has 38 heavy (non-hydrogen) atoms. The van der Waals surface area contributed by atoms with Gasteiger partial charge in [-0.2, -0.15) is 0 Å². The second kappa shape index (κ2) is 12.9. The van der Waals surface area contributed by atoms with Crippen molar-refractivity contribution in [2.75, 3.05) is 12.5 Å². The molecule has 1 aliphatic heterocycles. The molecule has 3 atom stereocenters. The molecule has 1 saturated heterocycles. The number of carbonyl (C=O) groups excluding carboxylic acids is 3. The van der Waals surface area contributed by atoms with Crippen molar-refractivity contribution in [2.45, 2.75) is 49.7 Å². The second-order valence-corrected chi connectivity index (χ2v) is 10.9. The minimum atomic E-state index is -1.71. The highest BCUT2D eigenvalue weighted by Crippen LogP contribution is 2.40. The summed E-state index contributed by atoms with van der Waals surface area (Å²) in [5.41, 5.74) is 0.457. The fraction of sp³-hybridized carbons (Fsp3) is 0.370. The number of aliphatic hydroxyl groups is 1. The first-order valence-electron chi connectivity index (χ1n) is 12.0. The van der Waals surface area contributed by atoms with Gasteiger partial charge in [0, 0.05) is 16.9 Å². The molecule has 11 heteroatoms. The van der Waals surface area contributed by atoms with Crippen LogP contribution in [-0.2, 0) is 27.3 Å². The Kier molecular flexibility index (Phi) is 9.87. The fourth-order valence-corrected chi connectivity index (χ4v) is 5.31. The third-order valence-corrected chi connectivity index (χ3v) is 7.52. The number of hydrogen-bond acceptors (Lipinski definition) is 6. The van der Waals surface area contributed by atoms with Crippen LogP contribution in [0.5, 0.6) is 0 Å². The lowest BCUT2D eigenvalue weighted by Gasteiger charge is -2.33. The van der Waals surface area contributed by atoms with Crippen molar-refractivity contribution in [2.24, 2.45) is 0 Å². The van der Waals surface area contributed by atoms with Crippen LogP contribution in [0.2, 0.25) is 0 Å². The van der Waals surface area contributed by atoms with E-state index in [1.165, 1.54) is 28.8 Å². The number of amides is 3. The van der Waals surface area contributed by atoms with E-state index in [9.17, 15) is 28.3 Å². The Balaban J connectivity index is 1.79. The number of aliphatic hydroxyl groups excluding tert-OH is 1. The largest absolute Gasteiger partial charge is 0.445 e. The van der Waals surface area contributed by atoms with Crippen molar-refractivity contribution in [1.29, 1.82) is 0 Å². The van der Waals surface area contributed by atoms with E-state index in [4.69, 9.17) is 4.74 Å². The van der Waals surface area contributed by atoms with Crippen molar-refractivity contribution < 1.29 is 33.0 Å². The summed E-state index contributed by atoms with van der Waals surface area (Å²) in [5.74, 6) is -2.90. The Labute approximate surface area is 224 Å². The molecule has 0 spiro atoms. The van der Waals surface area contributed by atoms with Gasteiger partial charge in [0.15, 0.2) is 6.10 Å². The maximum atomic E-state index is 14.0. The molecule has 204 valence electrons. The molecule has 1 fully saturated rings. The van der Waals surface area contributed by atoms with Crippen LogP contribution in [-0.4, -0.2) is 63.3 Å². The molecule has 3 rings (SSSR count). The summed E-state index contributed by atoms with van der Waals surface area (Å²) in [6.45, 7) is 6.53. The van der Waals surface area contributed by atoms with Crippen molar-refractivity contribution >= 4 is 29.7 Å². The Morgan fingerprint density at radius 3 is 2.47 bits per heavy atom. The lowest BCUT2D eigenvalue weighted by molar-refractivity contribution is -0.147. The molecule has 0 bridgehead atoms. The zero-order valence-corrected chi connectivity index (χ0v) is 22.0. The first-order valence-corrected chi connectivity index (χ1v) is 12.9. The number of nitrogens with zero attached hydrogens (tertiary/aromatic N) is 1. The van der Waals surface area contributed by atoms with Crippen molar-refractivity contribution in [3.05, 3.63) is 83.9 Å². The Morgan fingerprint density at radius 2 is 1.84 bits per heavy atom. The quantitative estimate of drug-likeness (QED) is 0.395. The van der Waals surface area contributed by atoms with Gasteiger partial charge < -0.3 is 25.4 Å². The summed E-state index contributed by atoms with van der Waals surface area (Å²) in [6.07, 6.45) is -1.05. The molecule has 8 nitrogen and oxygen atoms in total. The monoisotopic (exact) mass is 547 g/mol. The first-order chi connectivity index (χ1) is 18.0. The standard InChI is InChI=1S/C27H31F2N3O5S/c1-4-13-37-26(36)31-21(14-17-9-6-5-7-10-17)22(33)25(35)32-16-38-27(2,3)23(32)24(34)30-15-18-19(28)11-8-12-20(18)29/h4-12,21-23,33H,1,13-16H2,2-3H3,(H,30,34)(H,31,36)/t21-,22-,23+/m0/s1. The van der Waals surface area contributed by atoms with Crippen LogP contribution in [0.4, 0.5) is 13.6 Å². The first kappa shape index (κ1) is 29.1. The number of alkyl carbamates (subject to hydrolysis) is 1. The number of benzene rings is 2. The molecule has 0 aromatic heterocycles. The minimum Gasteiger partial charge on any atom is -0.445 e. The fourth-order valence-electron chi connectivity index (χ4n) is 4.17. The predicted molar refractivity (Wildman–Crippen MR) is 140 cm³/mol.